The minimum absolute atomic E-state index is 0. The summed E-state index contributed by atoms with van der Waals surface area (Å²) in [4.78, 5) is 108. The number of benzene rings is 6. The minimum Gasteiger partial charge on any atom is -0.490 e. The number of ketones is 6. The van der Waals surface area contributed by atoms with Gasteiger partial charge in [0, 0.05) is 108 Å². The zero-order valence-electron chi connectivity index (χ0n) is 86.5. The Bertz CT molecular complexity index is 6530. The highest BCUT2D eigenvalue weighted by molar-refractivity contribution is 6.37. The summed E-state index contributed by atoms with van der Waals surface area (Å²) in [6, 6.07) is 41.9. The van der Waals surface area contributed by atoms with Gasteiger partial charge in [0.2, 0.25) is 12.1 Å². The van der Waals surface area contributed by atoms with Crippen LogP contribution in [0.2, 0.25) is 15.1 Å². The maximum absolute atomic E-state index is 17.1. The van der Waals surface area contributed by atoms with E-state index in [1.165, 1.54) is 36.8 Å². The molecule has 0 radical (unpaired) electrons. The highest BCUT2D eigenvalue weighted by Gasteiger charge is 2.83. The van der Waals surface area contributed by atoms with Crippen molar-refractivity contribution in [1.29, 1.82) is 0 Å². The fourth-order valence-corrected chi connectivity index (χ4v) is 30.1. The number of ether oxygens (including phenoxy) is 5. The number of rotatable bonds is 14. The SMILES string of the molecule is CC(C)NCC(O)COc1cccc2ccccc12.CC1(C)O[C@@H]2C[C@H]3[C@@H]4CCC5=CC(=O)C=C[C@]5(C)[C@@]4(F)[C@@H](O)C[C@]3(C)[C@]2(C(=O)CO)O1.CC1(C)O[C@@H]2C[C@H]3[C@@H]4C[C@H](F)C5=CC(=O)C=C[C@]5(C)[C@@]4(F)[C@@H](O)C[C@]3(C)[C@]2(C(=O)CO)O1.CN1C(=O)CN=C(c2ccccc2)c2cc(Cl)ccc21.C[C@]12CCC(=O)C=C1CC[C@@H]1[C@@H]2[C@@H](O)C[C@@]2(C)[C@H]1CC[C@]2(O)C(=O)CO.Cl.O=C1Nc2ccc(Cl)cc2C(c2ccccc2Cl)=NC1O. The summed E-state index contributed by atoms with van der Waals surface area (Å²) in [6.07, 6.45) is 7.59. The van der Waals surface area contributed by atoms with Gasteiger partial charge >= 0.3 is 0 Å². The molecule has 22 rings (SSSR count). The van der Waals surface area contributed by atoms with E-state index in [-0.39, 0.29) is 96.8 Å². The van der Waals surface area contributed by atoms with Crippen LogP contribution in [0.15, 0.2) is 203 Å². The Labute approximate surface area is 892 Å². The monoisotopic (exact) mass is 2150 g/mol. The Morgan fingerprint density at radius 2 is 1.16 bits per heavy atom. The number of anilines is 2. The molecule has 0 bridgehead atoms. The number of alkyl halides is 3. The summed E-state index contributed by atoms with van der Waals surface area (Å²) in [5.41, 5.74) is -6.50. The number of hydrogen-bond donors (Lipinski definition) is 11. The van der Waals surface area contributed by atoms with Crippen LogP contribution in [0.1, 0.15) is 195 Å². The average Bonchev–Trinajstić information content (AvgIpc) is 1.38. The van der Waals surface area contributed by atoms with Gasteiger partial charge in [0.25, 0.3) is 5.91 Å². The maximum Gasteiger partial charge on any atom is 0.276 e. The predicted octanol–water partition coefficient (Wildman–Crippen LogP) is 15.8. The summed E-state index contributed by atoms with van der Waals surface area (Å²) >= 11 is 18.3. The molecule has 806 valence electrons. The summed E-state index contributed by atoms with van der Waals surface area (Å²) in [6.45, 7) is 20.8. The molecule has 11 N–H and O–H groups in total. The second-order valence-electron chi connectivity index (χ2n) is 45.7. The number of carbonyl (C=O) groups is 8. The molecule has 34 heteroatoms. The molecule has 4 aliphatic heterocycles. The minimum atomic E-state index is -2.24. The molecule has 27 nitrogen and oxygen atoms in total. The predicted molar refractivity (Wildman–Crippen MR) is 563 cm³/mol. The third kappa shape index (κ3) is 18.9. The van der Waals surface area contributed by atoms with Crippen molar-refractivity contribution in [2.75, 3.05) is 56.8 Å². The van der Waals surface area contributed by atoms with Crippen molar-refractivity contribution >= 4 is 127 Å². The van der Waals surface area contributed by atoms with Gasteiger partial charge in [0.15, 0.2) is 68.8 Å². The van der Waals surface area contributed by atoms with Gasteiger partial charge in [-0.05, 0) is 250 Å². The van der Waals surface area contributed by atoms with E-state index in [9.17, 15) is 84.3 Å². The van der Waals surface area contributed by atoms with Crippen LogP contribution in [0, 0.1) is 73.9 Å². The number of carbonyl (C=O) groups excluding carboxylic acids is 8. The molecule has 12 aliphatic carbocycles. The van der Waals surface area contributed by atoms with Crippen molar-refractivity contribution in [3.8, 4) is 5.75 Å². The molecule has 9 saturated carbocycles. The normalized spacial score (nSPS) is 36.9. The van der Waals surface area contributed by atoms with Crippen LogP contribution in [0.4, 0.5) is 24.5 Å². The maximum atomic E-state index is 17.1. The fraction of sp³-hybridized carbons (Fsp3) is 0.534. The van der Waals surface area contributed by atoms with E-state index in [1.54, 1.807) is 114 Å². The van der Waals surface area contributed by atoms with E-state index in [2.05, 4.69) is 53.5 Å². The van der Waals surface area contributed by atoms with Crippen molar-refractivity contribution < 1.29 is 121 Å². The van der Waals surface area contributed by atoms with Gasteiger partial charge in [-0.25, -0.2) is 18.2 Å². The van der Waals surface area contributed by atoms with E-state index in [4.69, 9.17) is 58.5 Å². The average molecular weight is 2150 g/mol. The first kappa shape index (κ1) is 113. The standard InChI is InChI=1S/C24H30F2O6.C24H31FO6.C21H30O5.C16H13ClN2O.C16H21NO2.C15H10Cl2N2O2.ClH/c1-20(2)31-19-9-13-14-8-16(25)15-7-12(28)5-6-21(15,3)23(14,26)17(29)10-22(13,4)24(19,32-20)18(30)11-27;1-20(2)30-19-10-16-15-6-5-13-9-14(27)7-8-21(13,3)23(15,25)17(28)11-22(16,4)24(19,31-20)18(29)12-26;1-19-7-5-13(23)9-12(19)3-4-14-15-6-8-21(26,17(25)11-22)20(15,2)10-16(24)18(14)19;1-19-14-8-7-12(17)9-13(14)16(18-10-15(19)20)11-5-3-2-4-6-11;1-12(2)17-10-14(18)11-19-16-9-5-7-13-6-3-4-8-15(13)16;16-8-5-6-12-10(7-8)13(19-15(21)14(20)18-12)9-3-1-2-4-11(9)17;/h5-7,13-14,16-17,19,27,29H,8-11H2,1-4H3;7-9,15-17,19,26,28H,5-6,10-12H2,1-4H3;9,14-16,18,22,24,26H,3-8,10-11H2,1-2H3;2-9H,10H2,1H3;3-9,12,14,17-18H,10-11H2,1-2H3;1-7,15,21H,(H,18,20);1H/t13-,14-,16-,17-,19+,21-,22-,23-,24+;15-,16-,17-,19+,21-,22-,23-,24+;14-,15-,16-,18+,19-,20-,21-;;;;/m000..../s1. The van der Waals surface area contributed by atoms with Crippen LogP contribution in [-0.4, -0.2) is 245 Å². The first-order chi connectivity index (χ1) is 70.2. The third-order valence-electron chi connectivity index (χ3n) is 36.4. The molecule has 150 heavy (non-hydrogen) atoms. The van der Waals surface area contributed by atoms with E-state index in [1.807, 2.05) is 86.6 Å². The van der Waals surface area contributed by atoms with Crippen molar-refractivity contribution in [3.63, 3.8) is 0 Å². The van der Waals surface area contributed by atoms with Crippen molar-refractivity contribution in [3.05, 3.63) is 230 Å². The van der Waals surface area contributed by atoms with Crippen LogP contribution >= 0.6 is 47.2 Å². The number of Topliss-reactive ketones (excluding diaryl/α,β-unsaturated/α-hetero) is 3. The lowest BCUT2D eigenvalue weighted by atomic mass is 9.44. The Hall–Kier alpha value is -9.23. The quantitative estimate of drug-likeness (QED) is 0.0482. The van der Waals surface area contributed by atoms with E-state index < -0.39 is 182 Å². The van der Waals surface area contributed by atoms with Gasteiger partial charge in [-0.1, -0.05) is 185 Å². The zero-order valence-corrected chi connectivity index (χ0v) is 89.6. The van der Waals surface area contributed by atoms with E-state index in [0.717, 1.165) is 76.4 Å². The van der Waals surface area contributed by atoms with Gasteiger partial charge in [0.1, 0.15) is 56.6 Å². The van der Waals surface area contributed by atoms with Gasteiger partial charge in [-0.15, -0.1) is 12.4 Å². The lowest BCUT2D eigenvalue weighted by Crippen LogP contribution is -2.71. The highest BCUT2D eigenvalue weighted by atomic mass is 35.5. The van der Waals surface area contributed by atoms with Crippen molar-refractivity contribution in [2.45, 2.75) is 268 Å². The molecule has 4 heterocycles. The number of aliphatic hydroxyl groups is 9. The fourth-order valence-electron chi connectivity index (χ4n) is 29.5. The molecule has 2 saturated heterocycles. The topological polar surface area (TPSA) is 417 Å². The summed E-state index contributed by atoms with van der Waals surface area (Å²) in [5.74, 6) is -5.65. The zero-order chi connectivity index (χ0) is 108. The lowest BCUT2D eigenvalue weighted by Gasteiger charge is -2.63. The lowest BCUT2D eigenvalue weighted by molar-refractivity contribution is -0.248. The van der Waals surface area contributed by atoms with Crippen LogP contribution in [0.25, 0.3) is 10.8 Å². The molecular formula is C116H136Cl4F3N5O22. The Kier molecular flexibility index (Phi) is 31.8. The first-order valence-corrected chi connectivity index (χ1v) is 52.7. The van der Waals surface area contributed by atoms with Gasteiger partial charge in [0.05, 0.1) is 53.3 Å². The molecule has 16 aliphatic rings. The number of fused-ring (bicyclic) bond motifs is 22. The van der Waals surface area contributed by atoms with E-state index in [0.29, 0.717) is 95.3 Å². The second-order valence-corrected chi connectivity index (χ2v) is 46.9. The Morgan fingerprint density at radius 1 is 0.593 bits per heavy atom. The first-order valence-electron chi connectivity index (χ1n) is 51.6. The number of likely N-dealkylation sites (N-methyl/N-ethyl adjacent to an activating group) is 1. The number of hydrogen-bond acceptors (Lipinski definition) is 25. The molecule has 6 aromatic carbocycles. The second kappa shape index (κ2) is 42.1. The Morgan fingerprint density at radius 3 is 1.79 bits per heavy atom. The van der Waals surface area contributed by atoms with Gasteiger partial charge < -0.3 is 85.2 Å². The largest absolute Gasteiger partial charge is 0.490 e. The highest BCUT2D eigenvalue weighted by Crippen LogP contribution is 2.76. The number of nitrogens with zero attached hydrogens (tertiary/aromatic N) is 3. The van der Waals surface area contributed by atoms with Crippen LogP contribution < -0.4 is 20.3 Å². The van der Waals surface area contributed by atoms with Gasteiger partial charge in [-0.2, -0.15) is 0 Å². The molecule has 0 aromatic heterocycles. The summed E-state index contributed by atoms with van der Waals surface area (Å²) in [7, 11) is 1.76. The number of amides is 2. The molecule has 0 spiro atoms. The number of halogens is 7. The molecule has 26 atom stereocenters. The van der Waals surface area contributed by atoms with Gasteiger partial charge in [-0.3, -0.25) is 43.3 Å². The third-order valence-corrected chi connectivity index (χ3v) is 37.2. The van der Waals surface area contributed by atoms with Crippen LogP contribution in [0.3, 0.4) is 0 Å². The number of nitrogens with one attached hydrogen (secondary N) is 2. The summed E-state index contributed by atoms with van der Waals surface area (Å²) < 4.78 is 80.1. The molecule has 6 aromatic rings. The number of allylic oxidation sites excluding steroid dienone is 9. The smallest absolute Gasteiger partial charge is 0.276 e. The number of benzodiazepines with no additional fused rings is 2. The van der Waals surface area contributed by atoms with E-state index >= 15 is 13.2 Å². The van der Waals surface area contributed by atoms with Crippen LogP contribution in [0.5, 0.6) is 5.75 Å². The molecule has 11 fully saturated rings. The van der Waals surface area contributed by atoms with Crippen LogP contribution in [-0.2, 0) is 57.3 Å². The molecule has 2 amide bonds. The Balaban J connectivity index is 0.000000129. The summed E-state index contributed by atoms with van der Waals surface area (Å²) in [5, 5.41) is 103. The molecule has 2 unspecified atom stereocenters. The molecular weight excluding hydrogens is 2010 g/mol. The van der Waals surface area contributed by atoms with Crippen molar-refractivity contribution in [2.24, 2.45) is 83.9 Å². The van der Waals surface area contributed by atoms with Crippen molar-refractivity contribution in [1.82, 2.24) is 5.32 Å². The number of aliphatic hydroxyl groups excluding tert-OH is 8. The number of aliphatic imine (C=N–C) groups is 2.